The molecule has 1 heterocycles. The van der Waals surface area contributed by atoms with E-state index in [0.29, 0.717) is 13.0 Å². The van der Waals surface area contributed by atoms with Crippen molar-refractivity contribution in [2.45, 2.75) is 18.9 Å². The van der Waals surface area contributed by atoms with Crippen molar-refractivity contribution in [3.8, 4) is 0 Å². The van der Waals surface area contributed by atoms with Gasteiger partial charge < -0.3 is 59.5 Å². The standard InChI is InChI=1S/C5H8O3.4ClH.Ti/c6-5(7)4-2-1-3-8-4;;;;;/h4H,1-3H2,(H,6,7);4*1H;/q;;;;;+4/p-4. The van der Waals surface area contributed by atoms with Gasteiger partial charge in [0.05, 0.1) is 0 Å². The normalized spacial score (nSPS) is 17.4. The molecule has 0 aromatic rings. The number of aliphatic carboxylic acids is 1. The van der Waals surface area contributed by atoms with Gasteiger partial charge in [0.1, 0.15) is 0 Å². The Kier molecular flexibility index (Phi) is 35.5. The van der Waals surface area contributed by atoms with Crippen LogP contribution >= 0.6 is 0 Å². The Hall–Kier alpha value is 1.30. The number of carboxylic acids is 1. The van der Waals surface area contributed by atoms with Crippen LogP contribution in [0, 0.1) is 0 Å². The number of hydrogen-bond donors (Lipinski definition) is 1. The van der Waals surface area contributed by atoms with Crippen LogP contribution in [-0.2, 0) is 31.2 Å². The number of carbonyl (C=O) groups is 1. The molecule has 8 heteroatoms. The first-order chi connectivity index (χ1) is 3.80. The maximum absolute atomic E-state index is 10.1. The maximum atomic E-state index is 10.1. The molecule has 0 aromatic heterocycles. The molecule has 1 rings (SSSR count). The molecule has 1 N–H and O–H groups in total. The van der Waals surface area contributed by atoms with Crippen molar-refractivity contribution in [1.82, 2.24) is 0 Å². The molecule has 0 radical (unpaired) electrons. The summed E-state index contributed by atoms with van der Waals surface area (Å²) < 4.78 is 4.81. The van der Waals surface area contributed by atoms with Gasteiger partial charge in [-0.25, -0.2) is 4.79 Å². The van der Waals surface area contributed by atoms with Gasteiger partial charge in [0.15, 0.2) is 6.10 Å². The quantitative estimate of drug-likeness (QED) is 0.490. The van der Waals surface area contributed by atoms with Crippen LogP contribution in [0.3, 0.4) is 0 Å². The molecule has 1 aliphatic rings. The van der Waals surface area contributed by atoms with Crippen LogP contribution in [0.1, 0.15) is 12.8 Å². The zero-order valence-electron chi connectivity index (χ0n) is 6.47. The van der Waals surface area contributed by atoms with Crippen molar-refractivity contribution in [2.24, 2.45) is 0 Å². The summed E-state index contributed by atoms with van der Waals surface area (Å²) in [6.45, 7) is 0.608. The fraction of sp³-hybridized carbons (Fsp3) is 0.800. The molecule has 0 saturated carbocycles. The zero-order valence-corrected chi connectivity index (χ0v) is 11.1. The predicted molar refractivity (Wildman–Crippen MR) is 26.6 cm³/mol. The van der Waals surface area contributed by atoms with Gasteiger partial charge in [0, 0.05) is 6.61 Å². The third-order valence-corrected chi connectivity index (χ3v) is 1.21. The zero-order chi connectivity index (χ0) is 5.98. The summed E-state index contributed by atoms with van der Waals surface area (Å²) in [4.78, 5) is 10.1. The van der Waals surface area contributed by atoms with Gasteiger partial charge in [-0.2, -0.15) is 0 Å². The molecular weight excluding hydrogens is 298 g/mol. The van der Waals surface area contributed by atoms with E-state index in [9.17, 15) is 4.79 Å². The topological polar surface area (TPSA) is 46.5 Å². The van der Waals surface area contributed by atoms with Crippen LogP contribution in [0.25, 0.3) is 0 Å². The molecule has 78 valence electrons. The number of halogens is 4. The average molecular weight is 306 g/mol. The van der Waals surface area contributed by atoms with Gasteiger partial charge in [-0.05, 0) is 12.8 Å². The van der Waals surface area contributed by atoms with Crippen LogP contribution in [0.5, 0.6) is 0 Å². The summed E-state index contributed by atoms with van der Waals surface area (Å²) in [5, 5.41) is 8.29. The van der Waals surface area contributed by atoms with Crippen LogP contribution in [0.2, 0.25) is 0 Å². The Bertz CT molecular complexity index is 110. The summed E-state index contributed by atoms with van der Waals surface area (Å²) in [7, 11) is 0. The Balaban J connectivity index is -0.0000000427. The number of rotatable bonds is 1. The van der Waals surface area contributed by atoms with E-state index in [1.165, 1.54) is 0 Å². The van der Waals surface area contributed by atoms with Crippen molar-refractivity contribution >= 4 is 5.97 Å². The summed E-state index contributed by atoms with van der Waals surface area (Å²) in [5.74, 6) is -0.831. The summed E-state index contributed by atoms with van der Waals surface area (Å²) in [5.41, 5.74) is 0. The van der Waals surface area contributed by atoms with Crippen LogP contribution < -0.4 is 49.6 Å². The summed E-state index contributed by atoms with van der Waals surface area (Å²) in [6.07, 6.45) is 1.04. The molecule has 1 saturated heterocycles. The third kappa shape index (κ3) is 11.2. The molecule has 13 heavy (non-hydrogen) atoms. The number of hydrogen-bond acceptors (Lipinski definition) is 2. The minimum absolute atomic E-state index is 0. The van der Waals surface area contributed by atoms with E-state index in [1.807, 2.05) is 0 Å². The smallest absolute Gasteiger partial charge is 1.00 e. The van der Waals surface area contributed by atoms with Gasteiger partial charge in [-0.1, -0.05) is 0 Å². The Labute approximate surface area is 117 Å². The molecule has 0 spiro atoms. The SMILES string of the molecule is O=C(O)C1CCCO1.[Cl-].[Cl-].[Cl-].[Cl-].[Ti+4]. The van der Waals surface area contributed by atoms with Crippen LogP contribution in [-0.4, -0.2) is 23.8 Å². The second kappa shape index (κ2) is 15.8. The van der Waals surface area contributed by atoms with Gasteiger partial charge >= 0.3 is 27.7 Å². The molecule has 3 nitrogen and oxygen atoms in total. The minimum atomic E-state index is -0.831. The number of carboxylic acid groups (broad SMARTS) is 1. The third-order valence-electron chi connectivity index (χ3n) is 1.21. The van der Waals surface area contributed by atoms with Crippen molar-refractivity contribution in [3.63, 3.8) is 0 Å². The fourth-order valence-corrected chi connectivity index (χ4v) is 0.772. The van der Waals surface area contributed by atoms with Crippen molar-refractivity contribution < 1.29 is 86.0 Å². The molecule has 1 unspecified atom stereocenters. The number of ether oxygens (including phenoxy) is 1. The second-order valence-corrected chi connectivity index (χ2v) is 1.84. The minimum Gasteiger partial charge on any atom is -1.00 e. The molecule has 0 aromatic carbocycles. The first-order valence-corrected chi connectivity index (χ1v) is 2.65. The monoisotopic (exact) mass is 304 g/mol. The van der Waals surface area contributed by atoms with Crippen molar-refractivity contribution in [1.29, 1.82) is 0 Å². The van der Waals surface area contributed by atoms with Crippen molar-refractivity contribution in [3.05, 3.63) is 0 Å². The van der Waals surface area contributed by atoms with Crippen LogP contribution in [0.4, 0.5) is 0 Å². The van der Waals surface area contributed by atoms with Gasteiger partial charge in [-0.3, -0.25) is 0 Å². The maximum Gasteiger partial charge on any atom is 4.00 e. The Morgan fingerprint density at radius 3 is 1.85 bits per heavy atom. The Morgan fingerprint density at radius 2 is 1.69 bits per heavy atom. The van der Waals surface area contributed by atoms with Gasteiger partial charge in [0.25, 0.3) is 0 Å². The van der Waals surface area contributed by atoms with E-state index >= 15 is 0 Å². The van der Waals surface area contributed by atoms with E-state index in [4.69, 9.17) is 9.84 Å². The Morgan fingerprint density at radius 1 is 1.23 bits per heavy atom. The molecule has 0 bridgehead atoms. The van der Waals surface area contributed by atoms with E-state index in [2.05, 4.69) is 0 Å². The molecule has 1 fully saturated rings. The van der Waals surface area contributed by atoms with E-state index in [0.717, 1.165) is 6.42 Å². The van der Waals surface area contributed by atoms with E-state index < -0.39 is 12.1 Å². The molecule has 0 aliphatic carbocycles. The molecule has 1 aliphatic heterocycles. The van der Waals surface area contributed by atoms with E-state index in [-0.39, 0.29) is 71.3 Å². The fourth-order valence-electron chi connectivity index (χ4n) is 0.772. The largest absolute Gasteiger partial charge is 4.00 e. The predicted octanol–water partition coefficient (Wildman–Crippen LogP) is -11.7. The average Bonchev–Trinajstić information content (AvgIpc) is 2.12. The summed E-state index contributed by atoms with van der Waals surface area (Å²) >= 11 is 0. The summed E-state index contributed by atoms with van der Waals surface area (Å²) in [6, 6.07) is 0. The molecule has 1 atom stereocenters. The van der Waals surface area contributed by atoms with Gasteiger partial charge in [0.2, 0.25) is 0 Å². The van der Waals surface area contributed by atoms with E-state index in [1.54, 1.807) is 0 Å². The first-order valence-electron chi connectivity index (χ1n) is 2.65. The van der Waals surface area contributed by atoms with Gasteiger partial charge in [-0.15, -0.1) is 0 Å². The second-order valence-electron chi connectivity index (χ2n) is 1.84. The molecular formula is C5H8Cl4O3Ti. The van der Waals surface area contributed by atoms with Crippen LogP contribution in [0.15, 0.2) is 0 Å². The molecule has 0 amide bonds. The first kappa shape index (κ1) is 29.2. The van der Waals surface area contributed by atoms with Crippen molar-refractivity contribution in [2.75, 3.05) is 6.61 Å².